The molecule has 2 aromatic rings. The van der Waals surface area contributed by atoms with Gasteiger partial charge in [0.15, 0.2) is 5.78 Å². The van der Waals surface area contributed by atoms with Gasteiger partial charge in [0.2, 0.25) is 0 Å². The fourth-order valence-corrected chi connectivity index (χ4v) is 4.59. The van der Waals surface area contributed by atoms with Crippen molar-refractivity contribution >= 4 is 5.78 Å². The minimum atomic E-state index is 0.0760. The molecule has 0 spiro atoms. The maximum atomic E-state index is 13.0. The van der Waals surface area contributed by atoms with Gasteiger partial charge in [-0.2, -0.15) is 5.26 Å². The third-order valence-electron chi connectivity index (χ3n) is 5.87. The zero-order chi connectivity index (χ0) is 17.9. The van der Waals surface area contributed by atoms with Gasteiger partial charge < -0.3 is 0 Å². The average Bonchev–Trinajstić information content (AvgIpc) is 2.68. The maximum absolute atomic E-state index is 13.0. The van der Waals surface area contributed by atoms with Crippen molar-refractivity contribution in [2.75, 3.05) is 0 Å². The molecule has 2 aliphatic rings. The van der Waals surface area contributed by atoms with Crippen LogP contribution in [0.4, 0.5) is 0 Å². The lowest BCUT2D eigenvalue weighted by Crippen LogP contribution is -2.52. The molecule has 1 aromatic carbocycles. The molecule has 2 bridgehead atoms. The van der Waals surface area contributed by atoms with Gasteiger partial charge >= 0.3 is 0 Å². The number of hydrogen-bond donors (Lipinski definition) is 0. The number of nitriles is 1. The molecule has 0 aliphatic carbocycles. The molecule has 4 heteroatoms. The van der Waals surface area contributed by atoms with E-state index in [-0.39, 0.29) is 11.7 Å². The van der Waals surface area contributed by atoms with Crippen LogP contribution >= 0.6 is 0 Å². The van der Waals surface area contributed by atoms with E-state index in [0.29, 0.717) is 23.3 Å². The first kappa shape index (κ1) is 16.9. The SMILES string of the molecule is N#Cc1ccc(C(=O)C2CC3CCCC(C2)N3Cc2ccccc2)cn1. The van der Waals surface area contributed by atoms with Crippen molar-refractivity contribution in [1.82, 2.24) is 9.88 Å². The second kappa shape index (κ2) is 7.39. The minimum Gasteiger partial charge on any atom is -0.294 e. The van der Waals surface area contributed by atoms with E-state index in [1.54, 1.807) is 18.3 Å². The monoisotopic (exact) mass is 345 g/mol. The van der Waals surface area contributed by atoms with Gasteiger partial charge in [-0.3, -0.25) is 9.69 Å². The number of pyridine rings is 1. The number of hydrogen-bond acceptors (Lipinski definition) is 4. The summed E-state index contributed by atoms with van der Waals surface area (Å²) in [7, 11) is 0. The smallest absolute Gasteiger partial charge is 0.167 e. The summed E-state index contributed by atoms with van der Waals surface area (Å²) >= 11 is 0. The first-order chi connectivity index (χ1) is 12.7. The van der Waals surface area contributed by atoms with Crippen LogP contribution in [0, 0.1) is 17.2 Å². The third-order valence-corrected chi connectivity index (χ3v) is 5.87. The van der Waals surface area contributed by atoms with Crippen LogP contribution in [0.25, 0.3) is 0 Å². The van der Waals surface area contributed by atoms with E-state index in [0.717, 1.165) is 19.4 Å². The molecule has 0 radical (unpaired) electrons. The first-order valence-electron chi connectivity index (χ1n) is 9.44. The molecule has 2 saturated heterocycles. The molecular weight excluding hydrogens is 322 g/mol. The lowest BCUT2D eigenvalue weighted by Gasteiger charge is -2.48. The number of piperidine rings is 2. The van der Waals surface area contributed by atoms with Crippen LogP contribution in [0.15, 0.2) is 48.7 Å². The van der Waals surface area contributed by atoms with Crippen molar-refractivity contribution in [3.05, 3.63) is 65.5 Å². The highest BCUT2D eigenvalue weighted by molar-refractivity contribution is 5.97. The minimum absolute atomic E-state index is 0.0760. The number of carbonyl (C=O) groups excluding carboxylic acids is 1. The standard InChI is InChI=1S/C22H23N3O/c23-13-19-10-9-17(14-24-19)22(26)18-11-20-7-4-8-21(12-18)25(20)15-16-5-2-1-3-6-16/h1-3,5-6,9-10,14,18,20-21H,4,7-8,11-12,15H2. The molecule has 26 heavy (non-hydrogen) atoms. The number of Topliss-reactive ketones (excluding diaryl/α,β-unsaturated/α-hetero) is 1. The largest absolute Gasteiger partial charge is 0.294 e. The normalized spacial score (nSPS) is 25.4. The summed E-state index contributed by atoms with van der Waals surface area (Å²) in [5, 5.41) is 8.87. The highest BCUT2D eigenvalue weighted by Gasteiger charge is 2.40. The van der Waals surface area contributed by atoms with Crippen LogP contribution < -0.4 is 0 Å². The molecule has 2 atom stereocenters. The number of nitrogens with zero attached hydrogens (tertiary/aromatic N) is 3. The molecule has 2 aliphatic heterocycles. The molecule has 4 nitrogen and oxygen atoms in total. The lowest BCUT2D eigenvalue weighted by atomic mass is 9.75. The second-order valence-electron chi connectivity index (χ2n) is 7.47. The van der Waals surface area contributed by atoms with Gasteiger partial charge in [0.25, 0.3) is 0 Å². The maximum Gasteiger partial charge on any atom is 0.167 e. The molecule has 132 valence electrons. The Bertz CT molecular complexity index is 796. The Morgan fingerprint density at radius 3 is 2.46 bits per heavy atom. The van der Waals surface area contributed by atoms with E-state index in [2.05, 4.69) is 40.2 Å². The van der Waals surface area contributed by atoms with Gasteiger partial charge in [-0.15, -0.1) is 0 Å². The average molecular weight is 345 g/mol. The van der Waals surface area contributed by atoms with Gasteiger partial charge in [0, 0.05) is 36.3 Å². The number of aromatic nitrogens is 1. The lowest BCUT2D eigenvalue weighted by molar-refractivity contribution is 0.00905. The van der Waals surface area contributed by atoms with Crippen molar-refractivity contribution in [3.8, 4) is 6.07 Å². The zero-order valence-electron chi connectivity index (χ0n) is 14.8. The summed E-state index contributed by atoms with van der Waals surface area (Å²) in [4.78, 5) is 19.6. The summed E-state index contributed by atoms with van der Waals surface area (Å²) in [6, 6.07) is 17.0. The summed E-state index contributed by atoms with van der Waals surface area (Å²) < 4.78 is 0. The number of benzene rings is 1. The van der Waals surface area contributed by atoms with Crippen LogP contribution in [0.5, 0.6) is 0 Å². The van der Waals surface area contributed by atoms with Gasteiger partial charge in [-0.25, -0.2) is 4.98 Å². The Labute approximate surface area is 154 Å². The Morgan fingerprint density at radius 1 is 1.12 bits per heavy atom. The number of rotatable bonds is 4. The van der Waals surface area contributed by atoms with E-state index in [4.69, 9.17) is 5.26 Å². The highest BCUT2D eigenvalue weighted by Crippen LogP contribution is 2.39. The molecule has 0 amide bonds. The van der Waals surface area contributed by atoms with Crippen molar-refractivity contribution in [3.63, 3.8) is 0 Å². The van der Waals surface area contributed by atoms with E-state index in [1.807, 2.05) is 6.07 Å². The Morgan fingerprint density at radius 2 is 1.85 bits per heavy atom. The topological polar surface area (TPSA) is 57.0 Å². The van der Waals surface area contributed by atoms with E-state index < -0.39 is 0 Å². The van der Waals surface area contributed by atoms with Crippen molar-refractivity contribution in [2.24, 2.45) is 5.92 Å². The van der Waals surface area contributed by atoms with Crippen LogP contribution in [-0.4, -0.2) is 27.8 Å². The van der Waals surface area contributed by atoms with Crippen molar-refractivity contribution in [2.45, 2.75) is 50.7 Å². The Balaban J connectivity index is 1.48. The molecule has 1 aromatic heterocycles. The van der Waals surface area contributed by atoms with Gasteiger partial charge in [-0.05, 0) is 43.4 Å². The van der Waals surface area contributed by atoms with E-state index in [1.165, 1.54) is 24.8 Å². The van der Waals surface area contributed by atoms with E-state index in [9.17, 15) is 4.79 Å². The summed E-state index contributed by atoms with van der Waals surface area (Å²) in [5.41, 5.74) is 2.35. The first-order valence-corrected chi connectivity index (χ1v) is 9.44. The fourth-order valence-electron chi connectivity index (χ4n) is 4.59. The molecule has 4 rings (SSSR count). The molecular formula is C22H23N3O. The van der Waals surface area contributed by atoms with E-state index >= 15 is 0 Å². The zero-order valence-corrected chi connectivity index (χ0v) is 14.8. The Kier molecular flexibility index (Phi) is 4.81. The van der Waals surface area contributed by atoms with Gasteiger partial charge in [0.1, 0.15) is 11.8 Å². The van der Waals surface area contributed by atoms with Crippen molar-refractivity contribution in [1.29, 1.82) is 5.26 Å². The summed E-state index contributed by atoms with van der Waals surface area (Å²) in [6.45, 7) is 0.982. The molecule has 0 N–H and O–H groups in total. The number of carbonyl (C=O) groups is 1. The highest BCUT2D eigenvalue weighted by atomic mass is 16.1. The van der Waals surface area contributed by atoms with Gasteiger partial charge in [0.05, 0.1) is 0 Å². The number of ketones is 1. The van der Waals surface area contributed by atoms with Crippen molar-refractivity contribution < 1.29 is 4.79 Å². The third kappa shape index (κ3) is 3.40. The molecule has 2 unspecified atom stereocenters. The summed E-state index contributed by atoms with van der Waals surface area (Å²) in [5.74, 6) is 0.269. The Hall–Kier alpha value is -2.51. The predicted octanol–water partition coefficient (Wildman–Crippen LogP) is 3.97. The summed E-state index contributed by atoms with van der Waals surface area (Å²) in [6.07, 6.45) is 7.05. The number of fused-ring (bicyclic) bond motifs is 2. The second-order valence-corrected chi connectivity index (χ2v) is 7.47. The van der Waals surface area contributed by atoms with Crippen LogP contribution in [0.1, 0.15) is 53.7 Å². The quantitative estimate of drug-likeness (QED) is 0.787. The fraction of sp³-hybridized carbons (Fsp3) is 0.409. The predicted molar refractivity (Wildman–Crippen MR) is 99.4 cm³/mol. The van der Waals surface area contributed by atoms with Gasteiger partial charge in [-0.1, -0.05) is 36.8 Å². The van der Waals surface area contributed by atoms with Crippen LogP contribution in [-0.2, 0) is 6.54 Å². The van der Waals surface area contributed by atoms with Crippen LogP contribution in [0.2, 0.25) is 0 Å². The molecule has 2 fully saturated rings. The molecule has 3 heterocycles. The molecule has 0 saturated carbocycles. The van der Waals surface area contributed by atoms with Crippen LogP contribution in [0.3, 0.4) is 0 Å².